The van der Waals surface area contributed by atoms with Crippen molar-refractivity contribution in [1.29, 1.82) is 0 Å². The van der Waals surface area contributed by atoms with Gasteiger partial charge < -0.3 is 8.60 Å². The van der Waals surface area contributed by atoms with Gasteiger partial charge in [-0.1, -0.05) is 11.6 Å². The van der Waals surface area contributed by atoms with Crippen LogP contribution in [-0.4, -0.2) is 13.9 Å². The Bertz CT molecular complexity index is 825. The van der Waals surface area contributed by atoms with E-state index in [0.717, 1.165) is 6.07 Å². The molecule has 0 amide bonds. The number of hydrogen-bond acceptors (Lipinski definition) is 5. The van der Waals surface area contributed by atoms with Crippen LogP contribution in [0.25, 0.3) is 11.0 Å². The Morgan fingerprint density at radius 1 is 1.20 bits per heavy atom. The van der Waals surface area contributed by atoms with Crippen molar-refractivity contribution in [2.75, 3.05) is 0 Å². The molecule has 5 nitrogen and oxygen atoms in total. The second kappa shape index (κ2) is 4.67. The van der Waals surface area contributed by atoms with Crippen LogP contribution in [0.2, 0.25) is 5.02 Å². The van der Waals surface area contributed by atoms with E-state index in [0.29, 0.717) is 0 Å². The predicted octanol–water partition coefficient (Wildman–Crippen LogP) is 2.67. The van der Waals surface area contributed by atoms with Crippen molar-refractivity contribution in [2.45, 2.75) is 5.51 Å². The molecule has 0 saturated carbocycles. The van der Waals surface area contributed by atoms with Crippen LogP contribution in [0, 0.1) is 0 Å². The van der Waals surface area contributed by atoms with Crippen molar-refractivity contribution in [3.63, 3.8) is 0 Å². The lowest BCUT2D eigenvalue weighted by Gasteiger charge is -2.08. The van der Waals surface area contributed by atoms with Crippen LogP contribution in [0.4, 0.5) is 13.2 Å². The molecule has 0 aliphatic heterocycles. The predicted molar refractivity (Wildman–Crippen MR) is 63.1 cm³/mol. The fourth-order valence-electron chi connectivity index (χ4n) is 1.30. The normalized spacial score (nSPS) is 12.6. The number of alkyl halides is 3. The molecule has 1 aromatic heterocycles. The summed E-state index contributed by atoms with van der Waals surface area (Å²) in [5.74, 6) is -1.10. The van der Waals surface area contributed by atoms with Gasteiger partial charge >= 0.3 is 21.3 Å². The van der Waals surface area contributed by atoms with Gasteiger partial charge in [0.2, 0.25) is 5.75 Å². The molecule has 1 aromatic carbocycles. The third-order valence-corrected chi connectivity index (χ3v) is 3.35. The molecule has 0 unspecified atom stereocenters. The first-order chi connectivity index (χ1) is 9.10. The van der Waals surface area contributed by atoms with Crippen molar-refractivity contribution in [3.8, 4) is 5.75 Å². The van der Waals surface area contributed by atoms with E-state index in [9.17, 15) is 26.4 Å². The van der Waals surface area contributed by atoms with Crippen molar-refractivity contribution < 1.29 is 30.2 Å². The summed E-state index contributed by atoms with van der Waals surface area (Å²) < 4.78 is 66.5. The number of benzene rings is 1. The summed E-state index contributed by atoms with van der Waals surface area (Å²) in [4.78, 5) is 11.4. The zero-order valence-corrected chi connectivity index (χ0v) is 10.8. The van der Waals surface area contributed by atoms with E-state index < -0.39 is 27.0 Å². The average Bonchev–Trinajstić information content (AvgIpc) is 2.29. The van der Waals surface area contributed by atoms with Gasteiger partial charge in [0.1, 0.15) is 5.58 Å². The van der Waals surface area contributed by atoms with Crippen molar-refractivity contribution in [1.82, 2.24) is 0 Å². The summed E-state index contributed by atoms with van der Waals surface area (Å²) >= 11 is 5.66. The molecule has 0 spiro atoms. The Labute approximate surface area is 114 Å². The second-order valence-electron chi connectivity index (χ2n) is 3.56. The van der Waals surface area contributed by atoms with E-state index in [2.05, 4.69) is 8.60 Å². The highest BCUT2D eigenvalue weighted by atomic mass is 35.5. The largest absolute Gasteiger partial charge is 0.534 e. The molecule has 0 bridgehead atoms. The Balaban J connectivity index is 2.56. The molecule has 0 atom stereocenters. The number of fused-ring (bicyclic) bond motifs is 1. The Morgan fingerprint density at radius 2 is 1.85 bits per heavy atom. The highest BCUT2D eigenvalue weighted by molar-refractivity contribution is 7.87. The quantitative estimate of drug-likeness (QED) is 0.481. The molecular formula is C10H4ClF3O5S. The number of hydrogen-bond donors (Lipinski definition) is 0. The second-order valence-corrected chi connectivity index (χ2v) is 5.54. The van der Waals surface area contributed by atoms with E-state index in [1.54, 1.807) is 0 Å². The van der Waals surface area contributed by atoms with Crippen LogP contribution in [0.1, 0.15) is 0 Å². The van der Waals surface area contributed by atoms with Gasteiger partial charge in [-0.3, -0.25) is 0 Å². The molecule has 2 aromatic rings. The molecule has 0 aliphatic rings. The van der Waals surface area contributed by atoms with E-state index in [4.69, 9.17) is 11.6 Å². The first-order valence-corrected chi connectivity index (χ1v) is 6.63. The maximum absolute atomic E-state index is 12.2. The van der Waals surface area contributed by atoms with Crippen LogP contribution in [0.5, 0.6) is 5.75 Å². The van der Waals surface area contributed by atoms with Gasteiger partial charge in [-0.25, -0.2) is 4.79 Å². The average molecular weight is 329 g/mol. The number of rotatable bonds is 2. The molecule has 0 radical (unpaired) electrons. The lowest BCUT2D eigenvalue weighted by molar-refractivity contribution is -0.0500. The smallest absolute Gasteiger partial charge is 0.420 e. The van der Waals surface area contributed by atoms with Gasteiger partial charge in [0.05, 0.1) is 0 Å². The van der Waals surface area contributed by atoms with Crippen LogP contribution in [0.15, 0.2) is 33.5 Å². The molecular weight excluding hydrogens is 325 g/mol. The minimum absolute atomic E-state index is 0.0242. The number of halogens is 4. The zero-order chi connectivity index (χ0) is 15.1. The molecule has 0 N–H and O–H groups in total. The van der Waals surface area contributed by atoms with Crippen LogP contribution in [-0.2, 0) is 10.1 Å². The lowest BCUT2D eigenvalue weighted by atomic mass is 10.2. The van der Waals surface area contributed by atoms with Gasteiger partial charge in [-0.2, -0.15) is 21.6 Å². The topological polar surface area (TPSA) is 73.6 Å². The maximum Gasteiger partial charge on any atom is 0.534 e. The molecule has 0 fully saturated rings. The zero-order valence-electron chi connectivity index (χ0n) is 9.27. The van der Waals surface area contributed by atoms with Crippen molar-refractivity contribution >= 4 is 32.7 Å². The monoisotopic (exact) mass is 328 g/mol. The van der Waals surface area contributed by atoms with E-state index in [-0.39, 0.29) is 16.0 Å². The summed E-state index contributed by atoms with van der Waals surface area (Å²) in [6.07, 6.45) is 0. The Kier molecular flexibility index (Phi) is 3.42. The van der Waals surface area contributed by atoms with Gasteiger partial charge in [-0.05, 0) is 18.2 Å². The van der Waals surface area contributed by atoms with Crippen molar-refractivity contribution in [2.24, 2.45) is 0 Å². The molecule has 108 valence electrons. The Hall–Kier alpha value is -1.74. The summed E-state index contributed by atoms with van der Waals surface area (Å²) in [5, 5.41) is 0.334. The van der Waals surface area contributed by atoms with Crippen molar-refractivity contribution in [3.05, 3.63) is 39.7 Å². The van der Waals surface area contributed by atoms with Gasteiger partial charge in [0, 0.05) is 16.5 Å². The van der Waals surface area contributed by atoms with E-state index in [1.165, 1.54) is 18.2 Å². The first kappa shape index (κ1) is 14.7. The molecule has 1 heterocycles. The van der Waals surface area contributed by atoms with Gasteiger partial charge in [-0.15, -0.1) is 0 Å². The third kappa shape index (κ3) is 2.73. The van der Waals surface area contributed by atoms with E-state index >= 15 is 0 Å². The lowest BCUT2D eigenvalue weighted by Crippen LogP contribution is -2.29. The van der Waals surface area contributed by atoms with E-state index in [1.807, 2.05) is 0 Å². The summed E-state index contributed by atoms with van der Waals surface area (Å²) in [7, 11) is -5.95. The minimum Gasteiger partial charge on any atom is -0.420 e. The molecule has 0 saturated heterocycles. The molecule has 2 rings (SSSR count). The maximum atomic E-state index is 12.2. The van der Waals surface area contributed by atoms with Gasteiger partial charge in [0.15, 0.2) is 0 Å². The highest BCUT2D eigenvalue weighted by Gasteiger charge is 2.49. The molecule has 10 heteroatoms. The van der Waals surface area contributed by atoms with Gasteiger partial charge in [0.25, 0.3) is 0 Å². The molecule has 20 heavy (non-hydrogen) atoms. The minimum atomic E-state index is -5.95. The highest BCUT2D eigenvalue weighted by Crippen LogP contribution is 2.27. The fourth-order valence-corrected chi connectivity index (χ4v) is 1.93. The third-order valence-electron chi connectivity index (χ3n) is 2.15. The molecule has 0 aliphatic carbocycles. The van der Waals surface area contributed by atoms with Crippen LogP contribution >= 0.6 is 11.6 Å². The summed E-state index contributed by atoms with van der Waals surface area (Å²) in [6.45, 7) is 0. The Morgan fingerprint density at radius 3 is 2.45 bits per heavy atom. The standard InChI is InChI=1S/C10H4ClF3O5S/c11-6-1-2-7-5(3-6)4-8(9(15)18-7)19-20(16,17)10(12,13)14/h1-4H. The van der Waals surface area contributed by atoms with Crippen LogP contribution in [0.3, 0.4) is 0 Å². The van der Waals surface area contributed by atoms with Crippen LogP contribution < -0.4 is 9.81 Å². The summed E-state index contributed by atoms with van der Waals surface area (Å²) in [6, 6.07) is 4.77. The SMILES string of the molecule is O=c1oc2ccc(Cl)cc2cc1OS(=O)(=O)C(F)(F)F. The summed E-state index contributed by atoms with van der Waals surface area (Å²) in [5.41, 5.74) is -6.98. The fraction of sp³-hybridized carbons (Fsp3) is 0.100. The first-order valence-electron chi connectivity index (χ1n) is 4.84.